The number of rotatable bonds is 6. The van der Waals surface area contributed by atoms with E-state index in [0.29, 0.717) is 24.5 Å². The zero-order valence-corrected chi connectivity index (χ0v) is 13.1. The van der Waals surface area contributed by atoms with E-state index in [2.05, 4.69) is 10.4 Å². The number of hydrogen-bond acceptors (Lipinski definition) is 5. The van der Waals surface area contributed by atoms with Gasteiger partial charge in [-0.25, -0.2) is 4.68 Å². The molecule has 22 heavy (non-hydrogen) atoms. The van der Waals surface area contributed by atoms with E-state index in [4.69, 9.17) is 5.73 Å². The van der Waals surface area contributed by atoms with E-state index in [-0.39, 0.29) is 11.9 Å². The van der Waals surface area contributed by atoms with Crippen molar-refractivity contribution in [3.8, 4) is 0 Å². The van der Waals surface area contributed by atoms with Gasteiger partial charge >= 0.3 is 0 Å². The largest absolute Gasteiger partial charge is 0.373 e. The third-order valence-electron chi connectivity index (χ3n) is 3.55. The fourth-order valence-electron chi connectivity index (χ4n) is 2.33. The van der Waals surface area contributed by atoms with Gasteiger partial charge in [0, 0.05) is 32.8 Å². The first-order valence-electron chi connectivity index (χ1n) is 7.09. The van der Waals surface area contributed by atoms with Gasteiger partial charge < -0.3 is 20.9 Å². The molecule has 2 rings (SSSR count). The summed E-state index contributed by atoms with van der Waals surface area (Å²) in [5, 5.41) is 7.14. The molecule has 1 aromatic heterocycles. The summed E-state index contributed by atoms with van der Waals surface area (Å²) in [5.41, 5.74) is 5.67. The average molecular weight is 306 g/mol. The van der Waals surface area contributed by atoms with E-state index in [1.54, 1.807) is 22.7 Å². The molecular weight excluding hydrogens is 284 g/mol. The third-order valence-corrected chi connectivity index (χ3v) is 3.55. The van der Waals surface area contributed by atoms with E-state index < -0.39 is 5.91 Å². The van der Waals surface area contributed by atoms with E-state index in [1.807, 2.05) is 25.1 Å². The number of nitrogens with zero attached hydrogens (tertiary/aromatic N) is 4. The summed E-state index contributed by atoms with van der Waals surface area (Å²) in [6.07, 6.45) is 4.89. The summed E-state index contributed by atoms with van der Waals surface area (Å²) in [4.78, 5) is 27.0. The van der Waals surface area contributed by atoms with Crippen LogP contribution in [0.3, 0.4) is 0 Å². The van der Waals surface area contributed by atoms with Crippen LogP contribution < -0.4 is 11.1 Å². The van der Waals surface area contributed by atoms with Crippen molar-refractivity contribution >= 4 is 17.6 Å². The van der Waals surface area contributed by atoms with Crippen LogP contribution in [0.2, 0.25) is 0 Å². The molecule has 0 saturated carbocycles. The Bertz CT molecular complexity index is 586. The molecule has 1 saturated heterocycles. The van der Waals surface area contributed by atoms with Gasteiger partial charge in [-0.15, -0.1) is 0 Å². The topological polar surface area (TPSA) is 96.5 Å². The normalized spacial score (nSPS) is 15.4. The summed E-state index contributed by atoms with van der Waals surface area (Å²) < 4.78 is 1.72. The Morgan fingerprint density at radius 3 is 2.73 bits per heavy atom. The van der Waals surface area contributed by atoms with Gasteiger partial charge in [-0.05, 0) is 14.1 Å². The summed E-state index contributed by atoms with van der Waals surface area (Å²) in [7, 11) is 5.61. The van der Waals surface area contributed by atoms with Gasteiger partial charge in [0.2, 0.25) is 5.91 Å². The molecule has 0 spiro atoms. The Kier molecular flexibility index (Phi) is 4.81. The summed E-state index contributed by atoms with van der Waals surface area (Å²) in [6, 6.07) is 0.0572. The fraction of sp³-hybridized carbons (Fsp3) is 0.500. The van der Waals surface area contributed by atoms with Crippen molar-refractivity contribution in [2.45, 2.75) is 6.04 Å². The van der Waals surface area contributed by atoms with Gasteiger partial charge in [0.05, 0.1) is 12.2 Å². The van der Waals surface area contributed by atoms with Crippen molar-refractivity contribution in [2.24, 2.45) is 5.73 Å². The Morgan fingerprint density at radius 2 is 2.18 bits per heavy atom. The van der Waals surface area contributed by atoms with E-state index >= 15 is 0 Å². The molecule has 1 fully saturated rings. The smallest absolute Gasteiger partial charge is 0.254 e. The van der Waals surface area contributed by atoms with E-state index in [1.165, 1.54) is 6.20 Å². The maximum absolute atomic E-state index is 12.0. The Labute approximate surface area is 129 Å². The van der Waals surface area contributed by atoms with Crippen LogP contribution in [0.1, 0.15) is 16.4 Å². The van der Waals surface area contributed by atoms with Gasteiger partial charge in [0.1, 0.15) is 11.4 Å². The predicted octanol–water partition coefficient (Wildman–Crippen LogP) is -0.475. The fourth-order valence-corrected chi connectivity index (χ4v) is 2.33. The number of carbonyl (C=O) groups is 2. The Hall–Kier alpha value is -2.35. The van der Waals surface area contributed by atoms with Crippen LogP contribution in [0.4, 0.5) is 5.82 Å². The molecule has 8 heteroatoms. The van der Waals surface area contributed by atoms with Crippen molar-refractivity contribution < 1.29 is 9.59 Å². The van der Waals surface area contributed by atoms with Crippen LogP contribution in [0.5, 0.6) is 0 Å². The molecule has 1 aliphatic rings. The number of hydrogen-bond donors (Lipinski definition) is 2. The Balaban J connectivity index is 1.95. The average Bonchev–Trinajstić information content (AvgIpc) is 2.80. The Morgan fingerprint density at radius 1 is 1.50 bits per heavy atom. The quantitative estimate of drug-likeness (QED) is 0.692. The van der Waals surface area contributed by atoms with Gasteiger partial charge in [0.15, 0.2) is 0 Å². The molecule has 1 aromatic rings. The molecule has 0 aromatic carbocycles. The first-order valence-corrected chi connectivity index (χ1v) is 7.09. The van der Waals surface area contributed by atoms with Crippen LogP contribution in [-0.4, -0.2) is 72.2 Å². The van der Waals surface area contributed by atoms with Crippen molar-refractivity contribution in [1.29, 1.82) is 0 Å². The summed E-state index contributed by atoms with van der Waals surface area (Å²) in [6.45, 7) is 1.87. The number of likely N-dealkylation sites (tertiary alicyclic amines) is 1. The molecule has 120 valence electrons. The molecule has 0 atom stereocenters. The highest BCUT2D eigenvalue weighted by Gasteiger charge is 2.33. The number of amides is 2. The van der Waals surface area contributed by atoms with Crippen molar-refractivity contribution in [3.05, 3.63) is 23.9 Å². The van der Waals surface area contributed by atoms with Crippen molar-refractivity contribution in [3.63, 3.8) is 0 Å². The van der Waals surface area contributed by atoms with Crippen LogP contribution in [0, 0.1) is 0 Å². The molecule has 0 aliphatic carbocycles. The van der Waals surface area contributed by atoms with Crippen LogP contribution >= 0.6 is 0 Å². The molecule has 0 unspecified atom stereocenters. The van der Waals surface area contributed by atoms with E-state index in [9.17, 15) is 9.59 Å². The first-order chi connectivity index (χ1) is 10.4. The molecular formula is C14H22N6O2. The molecule has 8 nitrogen and oxygen atoms in total. The number of nitrogens with one attached hydrogen (secondary N) is 1. The minimum absolute atomic E-state index is 0.00797. The number of aromatic nitrogens is 2. The highest BCUT2D eigenvalue weighted by molar-refractivity contribution is 5.97. The number of nitrogens with two attached hydrogens (primary N) is 1. The lowest BCUT2D eigenvalue weighted by Crippen LogP contribution is -2.50. The van der Waals surface area contributed by atoms with Gasteiger partial charge in [-0.3, -0.25) is 9.59 Å². The molecule has 2 heterocycles. The predicted molar refractivity (Wildman–Crippen MR) is 83.6 cm³/mol. The lowest BCUT2D eigenvalue weighted by molar-refractivity contribution is -0.131. The third kappa shape index (κ3) is 3.28. The maximum atomic E-state index is 12.0. The molecule has 3 N–H and O–H groups in total. The second-order valence-electron chi connectivity index (χ2n) is 5.53. The van der Waals surface area contributed by atoms with Crippen LogP contribution in [0.15, 0.2) is 18.3 Å². The number of primary amides is 1. The second kappa shape index (κ2) is 6.61. The highest BCUT2D eigenvalue weighted by Crippen LogP contribution is 2.26. The molecule has 1 aliphatic heterocycles. The van der Waals surface area contributed by atoms with Gasteiger partial charge in [-0.1, -0.05) is 6.08 Å². The summed E-state index contributed by atoms with van der Waals surface area (Å²) in [5.74, 6) is 0.0635. The lowest BCUT2D eigenvalue weighted by atomic mass is 10.1. The monoisotopic (exact) mass is 306 g/mol. The van der Waals surface area contributed by atoms with Gasteiger partial charge in [0.25, 0.3) is 5.91 Å². The van der Waals surface area contributed by atoms with Gasteiger partial charge in [-0.2, -0.15) is 5.10 Å². The second-order valence-corrected chi connectivity index (χ2v) is 5.53. The first kappa shape index (κ1) is 16.0. The van der Waals surface area contributed by atoms with Crippen molar-refractivity contribution in [1.82, 2.24) is 19.6 Å². The van der Waals surface area contributed by atoms with Crippen LogP contribution in [0.25, 0.3) is 0 Å². The molecule has 2 amide bonds. The number of anilines is 1. The highest BCUT2D eigenvalue weighted by atomic mass is 16.2. The zero-order chi connectivity index (χ0) is 16.3. The van der Waals surface area contributed by atoms with Crippen molar-refractivity contribution in [2.75, 3.05) is 46.1 Å². The van der Waals surface area contributed by atoms with E-state index in [0.717, 1.165) is 6.54 Å². The molecule has 0 bridgehead atoms. The minimum Gasteiger partial charge on any atom is -0.373 e. The zero-order valence-electron chi connectivity index (χ0n) is 13.1. The van der Waals surface area contributed by atoms with Crippen LogP contribution in [-0.2, 0) is 4.79 Å². The number of carbonyl (C=O) groups excluding carboxylic acids is 2. The molecule has 0 radical (unpaired) electrons. The minimum atomic E-state index is -0.519. The summed E-state index contributed by atoms with van der Waals surface area (Å²) >= 11 is 0. The number of likely N-dealkylation sites (N-methyl/N-ethyl adjacent to an activating group) is 1. The lowest BCUT2D eigenvalue weighted by Gasteiger charge is -2.39. The maximum Gasteiger partial charge on any atom is 0.254 e. The SMILES string of the molecule is CNc1c(C(N)=O)cnn1C1CN(C(=O)/C=C/CN(C)C)C1. The standard InChI is InChI=1S/C14H22N6O2/c1-16-14-11(13(15)22)7-17-20(14)10-8-19(9-10)12(21)5-4-6-18(2)3/h4-5,7,10,16H,6,8-9H2,1-3H3,(H2,15,22)/b5-4+.